The molecule has 4 rings (SSSR count). The van der Waals surface area contributed by atoms with Crippen LogP contribution in [-0.2, 0) is 0 Å². The van der Waals surface area contributed by atoms with E-state index in [1.54, 1.807) is 30.8 Å². The average molecular weight is 360 g/mol. The summed E-state index contributed by atoms with van der Waals surface area (Å²) in [5, 5.41) is 20.0. The van der Waals surface area contributed by atoms with Gasteiger partial charge in [-0.25, -0.2) is 4.98 Å². The SMILES string of the molecule is Cc1cc(C#N)cnc1C(=O)Nc1ccc2[nH]nc(-c3cncs3)c2c1. The summed E-state index contributed by atoms with van der Waals surface area (Å²) in [5.41, 5.74) is 5.43. The number of rotatable bonds is 3. The zero-order valence-electron chi connectivity index (χ0n) is 13.6. The first-order valence-corrected chi connectivity index (χ1v) is 8.59. The van der Waals surface area contributed by atoms with Gasteiger partial charge in [0.2, 0.25) is 0 Å². The monoisotopic (exact) mass is 360 g/mol. The molecule has 0 saturated heterocycles. The third-order valence-electron chi connectivity index (χ3n) is 3.91. The summed E-state index contributed by atoms with van der Waals surface area (Å²) in [6, 6.07) is 9.18. The molecule has 2 N–H and O–H groups in total. The van der Waals surface area contributed by atoms with E-state index >= 15 is 0 Å². The highest BCUT2D eigenvalue weighted by Gasteiger charge is 2.14. The maximum Gasteiger partial charge on any atom is 0.274 e. The minimum Gasteiger partial charge on any atom is -0.321 e. The molecule has 0 aliphatic rings. The highest BCUT2D eigenvalue weighted by atomic mass is 32.1. The molecule has 0 aliphatic carbocycles. The van der Waals surface area contributed by atoms with Gasteiger partial charge in [-0.2, -0.15) is 10.4 Å². The molecule has 0 bridgehead atoms. The van der Waals surface area contributed by atoms with Crippen LogP contribution in [0.15, 0.2) is 42.2 Å². The van der Waals surface area contributed by atoms with E-state index in [4.69, 9.17) is 5.26 Å². The Morgan fingerprint density at radius 1 is 1.31 bits per heavy atom. The van der Waals surface area contributed by atoms with Crippen molar-refractivity contribution in [3.05, 3.63) is 59.0 Å². The predicted octanol–water partition coefficient (Wildman–Crippen LogP) is 3.51. The number of H-pyrrole nitrogens is 1. The standard InChI is InChI=1S/C18H12N6OS/c1-10-4-11(6-19)7-21-16(10)18(25)22-12-2-3-14-13(5-12)17(24-23-14)15-8-20-9-26-15/h2-5,7-9H,1H3,(H,22,25)(H,23,24). The molecule has 3 aromatic heterocycles. The molecule has 0 saturated carbocycles. The zero-order valence-corrected chi connectivity index (χ0v) is 14.5. The fraction of sp³-hybridized carbons (Fsp3) is 0.0556. The fourth-order valence-corrected chi connectivity index (χ4v) is 3.30. The maximum atomic E-state index is 12.5. The zero-order chi connectivity index (χ0) is 18.1. The number of anilines is 1. The van der Waals surface area contributed by atoms with Crippen LogP contribution in [0.5, 0.6) is 0 Å². The van der Waals surface area contributed by atoms with E-state index in [2.05, 4.69) is 25.5 Å². The maximum absolute atomic E-state index is 12.5. The number of nitrogens with one attached hydrogen (secondary N) is 2. The van der Waals surface area contributed by atoms with E-state index in [0.717, 1.165) is 21.5 Å². The van der Waals surface area contributed by atoms with Gasteiger partial charge in [0, 0.05) is 23.5 Å². The van der Waals surface area contributed by atoms with Crippen LogP contribution in [0.25, 0.3) is 21.5 Å². The number of carbonyl (C=O) groups is 1. The van der Waals surface area contributed by atoms with E-state index < -0.39 is 0 Å². The number of thiazole rings is 1. The highest BCUT2D eigenvalue weighted by Crippen LogP contribution is 2.30. The molecule has 1 aromatic carbocycles. The molecule has 0 unspecified atom stereocenters. The summed E-state index contributed by atoms with van der Waals surface area (Å²) >= 11 is 1.50. The van der Waals surface area contributed by atoms with Gasteiger partial charge in [0.25, 0.3) is 5.91 Å². The van der Waals surface area contributed by atoms with Crippen molar-refractivity contribution < 1.29 is 4.79 Å². The topological polar surface area (TPSA) is 107 Å². The summed E-state index contributed by atoms with van der Waals surface area (Å²) in [4.78, 5) is 21.7. The number of hydrogen-bond donors (Lipinski definition) is 2. The third-order valence-corrected chi connectivity index (χ3v) is 4.69. The number of fused-ring (bicyclic) bond motifs is 1. The van der Waals surface area contributed by atoms with Gasteiger partial charge in [0.05, 0.1) is 21.5 Å². The highest BCUT2D eigenvalue weighted by molar-refractivity contribution is 7.13. The molecule has 8 heteroatoms. The molecule has 7 nitrogen and oxygen atoms in total. The Morgan fingerprint density at radius 3 is 2.92 bits per heavy atom. The van der Waals surface area contributed by atoms with Crippen LogP contribution in [0.4, 0.5) is 5.69 Å². The second kappa shape index (κ2) is 6.38. The van der Waals surface area contributed by atoms with Gasteiger partial charge < -0.3 is 5.32 Å². The molecule has 126 valence electrons. The van der Waals surface area contributed by atoms with Crippen LogP contribution in [0, 0.1) is 18.3 Å². The van der Waals surface area contributed by atoms with Crippen molar-refractivity contribution in [2.75, 3.05) is 5.32 Å². The largest absolute Gasteiger partial charge is 0.321 e. The lowest BCUT2D eigenvalue weighted by molar-refractivity contribution is 0.102. The number of nitrogens with zero attached hydrogens (tertiary/aromatic N) is 4. The van der Waals surface area contributed by atoms with Crippen LogP contribution in [0.2, 0.25) is 0 Å². The predicted molar refractivity (Wildman–Crippen MR) is 98.8 cm³/mol. The van der Waals surface area contributed by atoms with Crippen molar-refractivity contribution in [3.8, 4) is 16.6 Å². The number of hydrogen-bond acceptors (Lipinski definition) is 6. The number of amides is 1. The number of nitriles is 1. The number of aromatic amines is 1. The second-order valence-corrected chi connectivity index (χ2v) is 6.54. The van der Waals surface area contributed by atoms with Crippen LogP contribution in [0.3, 0.4) is 0 Å². The van der Waals surface area contributed by atoms with Gasteiger partial charge in [-0.05, 0) is 36.8 Å². The molecular formula is C18H12N6OS. The molecule has 4 aromatic rings. The van der Waals surface area contributed by atoms with Crippen molar-refractivity contribution in [3.63, 3.8) is 0 Å². The molecule has 1 amide bonds. The van der Waals surface area contributed by atoms with E-state index in [0.29, 0.717) is 22.5 Å². The molecular weight excluding hydrogens is 348 g/mol. The van der Waals surface area contributed by atoms with Crippen molar-refractivity contribution in [1.29, 1.82) is 5.26 Å². The number of carbonyl (C=O) groups excluding carboxylic acids is 1. The average Bonchev–Trinajstić information content (AvgIpc) is 3.30. The van der Waals surface area contributed by atoms with Crippen LogP contribution in [0.1, 0.15) is 21.6 Å². The fourth-order valence-electron chi connectivity index (χ4n) is 2.68. The first kappa shape index (κ1) is 15.9. The Kier molecular flexibility index (Phi) is 3.91. The quantitative estimate of drug-likeness (QED) is 0.581. The van der Waals surface area contributed by atoms with Crippen molar-refractivity contribution in [2.45, 2.75) is 6.92 Å². The summed E-state index contributed by atoms with van der Waals surface area (Å²) in [7, 11) is 0. The lowest BCUT2D eigenvalue weighted by Crippen LogP contribution is -2.15. The van der Waals surface area contributed by atoms with E-state index in [9.17, 15) is 4.79 Å². The number of aryl methyl sites for hydroxylation is 1. The Balaban J connectivity index is 1.66. The molecule has 0 spiro atoms. The smallest absolute Gasteiger partial charge is 0.274 e. The molecule has 0 atom stereocenters. The molecule has 0 aliphatic heterocycles. The van der Waals surface area contributed by atoms with Crippen molar-refractivity contribution in [2.24, 2.45) is 0 Å². The van der Waals surface area contributed by atoms with Gasteiger partial charge in [0.1, 0.15) is 17.5 Å². The minimum atomic E-state index is -0.325. The van der Waals surface area contributed by atoms with Crippen molar-refractivity contribution >= 4 is 33.8 Å². The first-order chi connectivity index (χ1) is 12.7. The summed E-state index contributed by atoms with van der Waals surface area (Å²) in [6.07, 6.45) is 3.15. The first-order valence-electron chi connectivity index (χ1n) is 7.71. The minimum absolute atomic E-state index is 0.291. The van der Waals surface area contributed by atoms with Gasteiger partial charge in [-0.1, -0.05) is 0 Å². The van der Waals surface area contributed by atoms with Gasteiger partial charge >= 0.3 is 0 Å². The molecule has 3 heterocycles. The number of aromatic nitrogens is 4. The second-order valence-electron chi connectivity index (χ2n) is 5.65. The van der Waals surface area contributed by atoms with Crippen molar-refractivity contribution in [1.82, 2.24) is 20.2 Å². The van der Waals surface area contributed by atoms with Crippen LogP contribution < -0.4 is 5.32 Å². The molecule has 26 heavy (non-hydrogen) atoms. The Morgan fingerprint density at radius 2 is 2.19 bits per heavy atom. The summed E-state index contributed by atoms with van der Waals surface area (Å²) < 4.78 is 0. The van der Waals surface area contributed by atoms with E-state index in [1.165, 1.54) is 17.5 Å². The number of pyridine rings is 1. The summed E-state index contributed by atoms with van der Waals surface area (Å²) in [5.74, 6) is -0.325. The van der Waals surface area contributed by atoms with Gasteiger partial charge in [-0.15, -0.1) is 11.3 Å². The number of benzene rings is 1. The lowest BCUT2D eigenvalue weighted by atomic mass is 10.1. The van der Waals surface area contributed by atoms with E-state index in [-0.39, 0.29) is 5.91 Å². The Bertz CT molecular complexity index is 1160. The Hall–Kier alpha value is -3.57. The lowest BCUT2D eigenvalue weighted by Gasteiger charge is -2.07. The summed E-state index contributed by atoms with van der Waals surface area (Å²) in [6.45, 7) is 1.75. The van der Waals surface area contributed by atoms with Gasteiger partial charge in [0.15, 0.2) is 0 Å². The van der Waals surface area contributed by atoms with Gasteiger partial charge in [-0.3, -0.25) is 14.9 Å². The van der Waals surface area contributed by atoms with E-state index in [1.807, 2.05) is 18.2 Å². The molecule has 0 fully saturated rings. The normalized spacial score (nSPS) is 10.6. The third kappa shape index (κ3) is 2.81. The van der Waals surface area contributed by atoms with Crippen LogP contribution in [-0.4, -0.2) is 26.1 Å². The molecule has 0 radical (unpaired) electrons. The van der Waals surface area contributed by atoms with Crippen LogP contribution >= 0.6 is 11.3 Å². The Labute approximate surface area is 152 Å².